The van der Waals surface area contributed by atoms with Crippen molar-refractivity contribution < 1.29 is 9.90 Å². The summed E-state index contributed by atoms with van der Waals surface area (Å²) < 4.78 is 0. The van der Waals surface area contributed by atoms with Crippen molar-refractivity contribution in [3.8, 4) is 0 Å². The van der Waals surface area contributed by atoms with E-state index in [1.165, 1.54) is 16.7 Å². The Hall–Kier alpha value is -1.35. The third-order valence-electron chi connectivity index (χ3n) is 2.80. The zero-order chi connectivity index (χ0) is 12.1. The molecule has 3 nitrogen and oxygen atoms in total. The fraction of sp³-hybridized carbons (Fsp3) is 0.462. The monoisotopic (exact) mass is 221 g/mol. The lowest BCUT2D eigenvalue weighted by Gasteiger charge is -2.11. The number of hydrogen-bond donors (Lipinski definition) is 2. The van der Waals surface area contributed by atoms with Crippen molar-refractivity contribution >= 4 is 5.97 Å². The van der Waals surface area contributed by atoms with Crippen LogP contribution in [-0.2, 0) is 11.2 Å². The van der Waals surface area contributed by atoms with Crippen molar-refractivity contribution in [2.75, 3.05) is 0 Å². The molecule has 0 amide bonds. The average molecular weight is 221 g/mol. The minimum atomic E-state index is -0.782. The lowest BCUT2D eigenvalue weighted by molar-refractivity contribution is -0.137. The Morgan fingerprint density at radius 3 is 2.62 bits per heavy atom. The van der Waals surface area contributed by atoms with Gasteiger partial charge in [0, 0.05) is 12.5 Å². The van der Waals surface area contributed by atoms with Crippen LogP contribution in [-0.4, -0.2) is 17.1 Å². The van der Waals surface area contributed by atoms with Crippen LogP contribution in [0.15, 0.2) is 18.2 Å². The van der Waals surface area contributed by atoms with Gasteiger partial charge in [-0.15, -0.1) is 0 Å². The van der Waals surface area contributed by atoms with Gasteiger partial charge in [-0.2, -0.15) is 0 Å². The Morgan fingerprint density at radius 2 is 2.06 bits per heavy atom. The van der Waals surface area contributed by atoms with Crippen molar-refractivity contribution in [2.24, 2.45) is 5.73 Å². The number of hydrogen-bond acceptors (Lipinski definition) is 2. The minimum absolute atomic E-state index is 0.0711. The smallest absolute Gasteiger partial charge is 0.303 e. The van der Waals surface area contributed by atoms with Crippen LogP contribution in [0.25, 0.3) is 0 Å². The average Bonchev–Trinajstić information content (AvgIpc) is 2.21. The molecule has 0 bridgehead atoms. The van der Waals surface area contributed by atoms with Gasteiger partial charge in [-0.3, -0.25) is 4.79 Å². The first-order valence-electron chi connectivity index (χ1n) is 5.52. The molecule has 1 unspecified atom stereocenters. The molecule has 0 fully saturated rings. The van der Waals surface area contributed by atoms with Crippen LogP contribution in [0, 0.1) is 13.8 Å². The molecule has 1 aromatic carbocycles. The van der Waals surface area contributed by atoms with E-state index in [2.05, 4.69) is 32.0 Å². The van der Waals surface area contributed by atoms with E-state index >= 15 is 0 Å². The van der Waals surface area contributed by atoms with Crippen molar-refractivity contribution in [2.45, 2.75) is 39.2 Å². The summed E-state index contributed by atoms with van der Waals surface area (Å²) in [6, 6.07) is 6.19. The first kappa shape index (κ1) is 12.7. The first-order chi connectivity index (χ1) is 7.49. The van der Waals surface area contributed by atoms with Crippen molar-refractivity contribution in [1.82, 2.24) is 0 Å². The van der Waals surface area contributed by atoms with Gasteiger partial charge < -0.3 is 10.8 Å². The molecule has 3 heteroatoms. The molecular weight excluding hydrogens is 202 g/mol. The number of rotatable bonds is 5. The molecule has 0 spiro atoms. The fourth-order valence-electron chi connectivity index (χ4n) is 1.64. The van der Waals surface area contributed by atoms with Crippen molar-refractivity contribution in [3.05, 3.63) is 34.9 Å². The maximum atomic E-state index is 10.4. The summed E-state index contributed by atoms with van der Waals surface area (Å²) in [6.45, 7) is 4.14. The predicted octanol–water partition coefficient (Wildman–Crippen LogP) is 2.04. The summed E-state index contributed by atoms with van der Waals surface area (Å²) >= 11 is 0. The van der Waals surface area contributed by atoms with Gasteiger partial charge >= 0.3 is 5.97 Å². The van der Waals surface area contributed by atoms with E-state index in [1.807, 2.05) is 0 Å². The van der Waals surface area contributed by atoms with Crippen LogP contribution in [0.3, 0.4) is 0 Å². The number of nitrogens with two attached hydrogens (primary N) is 1. The largest absolute Gasteiger partial charge is 0.481 e. The van der Waals surface area contributed by atoms with Gasteiger partial charge in [0.1, 0.15) is 0 Å². The molecule has 1 aromatic rings. The summed E-state index contributed by atoms with van der Waals surface area (Å²) in [4.78, 5) is 10.4. The van der Waals surface area contributed by atoms with E-state index in [0.717, 1.165) is 6.42 Å². The Kier molecular flexibility index (Phi) is 4.50. The Labute approximate surface area is 96.3 Å². The van der Waals surface area contributed by atoms with Crippen molar-refractivity contribution in [1.29, 1.82) is 0 Å². The van der Waals surface area contributed by atoms with Gasteiger partial charge in [-0.05, 0) is 43.4 Å². The Bertz CT molecular complexity index is 374. The maximum Gasteiger partial charge on any atom is 0.303 e. The van der Waals surface area contributed by atoms with Gasteiger partial charge in [0.25, 0.3) is 0 Å². The van der Waals surface area contributed by atoms with Crippen molar-refractivity contribution in [3.63, 3.8) is 0 Å². The predicted molar refractivity (Wildman–Crippen MR) is 64.5 cm³/mol. The molecule has 0 aliphatic carbocycles. The molecule has 0 saturated carbocycles. The molecule has 1 atom stereocenters. The Balaban J connectivity index is 2.52. The number of aryl methyl sites for hydroxylation is 2. The van der Waals surface area contributed by atoms with Crippen LogP contribution in [0.4, 0.5) is 0 Å². The molecule has 88 valence electrons. The lowest BCUT2D eigenvalue weighted by atomic mass is 9.99. The Morgan fingerprint density at radius 1 is 1.38 bits per heavy atom. The second-order valence-corrected chi connectivity index (χ2v) is 4.32. The maximum absolute atomic E-state index is 10.4. The molecule has 0 aliphatic rings. The van der Waals surface area contributed by atoms with E-state index in [0.29, 0.717) is 6.42 Å². The van der Waals surface area contributed by atoms with E-state index in [9.17, 15) is 4.79 Å². The van der Waals surface area contributed by atoms with Crippen LogP contribution >= 0.6 is 0 Å². The number of carbonyl (C=O) groups is 1. The van der Waals surface area contributed by atoms with E-state index < -0.39 is 5.97 Å². The zero-order valence-corrected chi connectivity index (χ0v) is 9.86. The highest BCUT2D eigenvalue weighted by Gasteiger charge is 2.07. The summed E-state index contributed by atoms with van der Waals surface area (Å²) in [5.41, 5.74) is 9.58. The van der Waals surface area contributed by atoms with Gasteiger partial charge in [-0.1, -0.05) is 18.2 Å². The van der Waals surface area contributed by atoms with Gasteiger partial charge in [-0.25, -0.2) is 0 Å². The molecule has 3 N–H and O–H groups in total. The molecule has 0 aliphatic heterocycles. The number of carboxylic acid groups (broad SMARTS) is 1. The SMILES string of the molecule is Cc1ccc(CC(N)CCC(=O)O)cc1C. The highest BCUT2D eigenvalue weighted by Crippen LogP contribution is 2.12. The molecule has 0 saturated heterocycles. The van der Waals surface area contributed by atoms with E-state index in [-0.39, 0.29) is 12.5 Å². The number of aliphatic carboxylic acids is 1. The molecule has 0 radical (unpaired) electrons. The molecule has 16 heavy (non-hydrogen) atoms. The lowest BCUT2D eigenvalue weighted by Crippen LogP contribution is -2.23. The summed E-state index contributed by atoms with van der Waals surface area (Å²) in [5, 5.41) is 8.55. The fourth-order valence-corrected chi connectivity index (χ4v) is 1.64. The standard InChI is InChI=1S/C13H19NO2/c1-9-3-4-11(7-10(9)2)8-12(14)5-6-13(15)16/h3-4,7,12H,5-6,8,14H2,1-2H3,(H,15,16). The van der Waals surface area contributed by atoms with Gasteiger partial charge in [0.15, 0.2) is 0 Å². The van der Waals surface area contributed by atoms with E-state index in [4.69, 9.17) is 10.8 Å². The normalized spacial score (nSPS) is 12.4. The zero-order valence-electron chi connectivity index (χ0n) is 9.86. The number of carboxylic acids is 1. The molecular formula is C13H19NO2. The van der Waals surface area contributed by atoms with Crippen LogP contribution in [0.1, 0.15) is 29.5 Å². The first-order valence-corrected chi connectivity index (χ1v) is 5.52. The van der Waals surface area contributed by atoms with Crippen LogP contribution in [0.5, 0.6) is 0 Å². The van der Waals surface area contributed by atoms with Crippen LogP contribution < -0.4 is 5.73 Å². The second kappa shape index (κ2) is 5.66. The van der Waals surface area contributed by atoms with Gasteiger partial charge in [0.05, 0.1) is 0 Å². The quantitative estimate of drug-likeness (QED) is 0.799. The summed E-state index contributed by atoms with van der Waals surface area (Å²) in [5.74, 6) is -0.782. The molecule has 1 rings (SSSR count). The van der Waals surface area contributed by atoms with E-state index in [1.54, 1.807) is 0 Å². The minimum Gasteiger partial charge on any atom is -0.481 e. The van der Waals surface area contributed by atoms with Crippen LogP contribution in [0.2, 0.25) is 0 Å². The van der Waals surface area contributed by atoms with Gasteiger partial charge in [0.2, 0.25) is 0 Å². The third-order valence-corrected chi connectivity index (χ3v) is 2.80. The highest BCUT2D eigenvalue weighted by molar-refractivity contribution is 5.66. The topological polar surface area (TPSA) is 63.3 Å². The summed E-state index contributed by atoms with van der Waals surface area (Å²) in [7, 11) is 0. The third kappa shape index (κ3) is 4.03. The summed E-state index contributed by atoms with van der Waals surface area (Å²) in [6.07, 6.45) is 1.42. The highest BCUT2D eigenvalue weighted by atomic mass is 16.4. The number of benzene rings is 1. The second-order valence-electron chi connectivity index (χ2n) is 4.32. The molecule has 0 heterocycles. The molecule has 0 aromatic heterocycles.